The summed E-state index contributed by atoms with van der Waals surface area (Å²) in [6, 6.07) is 11.0. The van der Waals surface area contributed by atoms with Gasteiger partial charge in [0.05, 0.1) is 26.0 Å². The van der Waals surface area contributed by atoms with Crippen LogP contribution in [0.1, 0.15) is 29.9 Å². The van der Waals surface area contributed by atoms with Crippen molar-refractivity contribution in [3.63, 3.8) is 0 Å². The molecule has 5 rings (SSSR count). The first-order chi connectivity index (χ1) is 13.3. The molecule has 142 valence electrons. The molecular formula is C22H26N2O3. The minimum Gasteiger partial charge on any atom is -0.497 e. The number of ether oxygens (including phenoxy) is 2. The highest BCUT2D eigenvalue weighted by Gasteiger charge is 2.42. The molecule has 0 radical (unpaired) electrons. The minimum absolute atomic E-state index is 0.0143. The Bertz CT molecular complexity index is 867. The number of piperidine rings is 1. The predicted molar refractivity (Wildman–Crippen MR) is 106 cm³/mol. The molecule has 3 heterocycles. The number of benzene rings is 2. The van der Waals surface area contributed by atoms with Gasteiger partial charge in [-0.05, 0) is 65.9 Å². The zero-order chi connectivity index (χ0) is 18.4. The van der Waals surface area contributed by atoms with Crippen LogP contribution in [0, 0.1) is 0 Å². The highest BCUT2D eigenvalue weighted by Crippen LogP contribution is 2.51. The van der Waals surface area contributed by atoms with E-state index in [0.29, 0.717) is 12.0 Å². The molecule has 3 aliphatic rings. The van der Waals surface area contributed by atoms with Crippen molar-refractivity contribution in [3.8, 4) is 22.6 Å². The van der Waals surface area contributed by atoms with E-state index in [9.17, 15) is 5.11 Å². The number of nitrogens with zero attached hydrogens (tertiary/aromatic N) is 1. The van der Waals surface area contributed by atoms with Gasteiger partial charge in [0.1, 0.15) is 11.5 Å². The third kappa shape index (κ3) is 2.68. The fourth-order valence-electron chi connectivity index (χ4n) is 4.99. The summed E-state index contributed by atoms with van der Waals surface area (Å²) in [5, 5.41) is 13.5. The summed E-state index contributed by atoms with van der Waals surface area (Å²) >= 11 is 0. The SMILES string of the molecule is COc1ccc(-c2cc3c4c(c2)[C@@H]2CNCC[C@@H]2N4CCCO3)c(CO)c1. The molecule has 2 atom stereocenters. The molecule has 0 amide bonds. The third-order valence-corrected chi connectivity index (χ3v) is 6.23. The fourth-order valence-corrected chi connectivity index (χ4v) is 4.99. The van der Waals surface area contributed by atoms with Crippen molar-refractivity contribution in [2.75, 3.05) is 38.3 Å². The van der Waals surface area contributed by atoms with Crippen LogP contribution in [0.25, 0.3) is 11.1 Å². The van der Waals surface area contributed by atoms with Gasteiger partial charge < -0.3 is 24.8 Å². The molecule has 0 bridgehead atoms. The van der Waals surface area contributed by atoms with Crippen molar-refractivity contribution in [1.29, 1.82) is 0 Å². The van der Waals surface area contributed by atoms with Gasteiger partial charge in [0.25, 0.3) is 0 Å². The molecule has 0 aliphatic carbocycles. The van der Waals surface area contributed by atoms with Gasteiger partial charge in [0.15, 0.2) is 0 Å². The van der Waals surface area contributed by atoms with E-state index in [-0.39, 0.29) is 6.61 Å². The second-order valence-electron chi connectivity index (χ2n) is 7.66. The fraction of sp³-hybridized carbons (Fsp3) is 0.455. The summed E-state index contributed by atoms with van der Waals surface area (Å²) in [6.07, 6.45) is 2.24. The zero-order valence-corrected chi connectivity index (χ0v) is 15.7. The Labute approximate surface area is 159 Å². The van der Waals surface area contributed by atoms with Gasteiger partial charge >= 0.3 is 0 Å². The van der Waals surface area contributed by atoms with E-state index >= 15 is 0 Å². The van der Waals surface area contributed by atoms with Crippen molar-refractivity contribution >= 4 is 5.69 Å². The van der Waals surface area contributed by atoms with Crippen LogP contribution < -0.4 is 19.7 Å². The summed E-state index contributed by atoms with van der Waals surface area (Å²) in [4.78, 5) is 2.59. The van der Waals surface area contributed by atoms with E-state index in [1.54, 1.807) is 7.11 Å². The van der Waals surface area contributed by atoms with Gasteiger partial charge in [-0.15, -0.1) is 0 Å². The van der Waals surface area contributed by atoms with Crippen LogP contribution >= 0.6 is 0 Å². The van der Waals surface area contributed by atoms with Crippen LogP contribution in [-0.2, 0) is 6.61 Å². The Morgan fingerprint density at radius 2 is 2.22 bits per heavy atom. The van der Waals surface area contributed by atoms with E-state index < -0.39 is 0 Å². The van der Waals surface area contributed by atoms with Crippen LogP contribution in [0.2, 0.25) is 0 Å². The number of hydrogen-bond donors (Lipinski definition) is 2. The van der Waals surface area contributed by atoms with Gasteiger partial charge in [-0.1, -0.05) is 6.07 Å². The van der Waals surface area contributed by atoms with Crippen LogP contribution in [0.5, 0.6) is 11.5 Å². The number of methoxy groups -OCH3 is 1. The van der Waals surface area contributed by atoms with Gasteiger partial charge in [0, 0.05) is 25.0 Å². The second-order valence-corrected chi connectivity index (χ2v) is 7.66. The van der Waals surface area contributed by atoms with Crippen molar-refractivity contribution in [2.24, 2.45) is 0 Å². The Hall–Kier alpha value is -2.24. The first-order valence-corrected chi connectivity index (χ1v) is 9.86. The van der Waals surface area contributed by atoms with Crippen LogP contribution in [-0.4, -0.2) is 44.5 Å². The molecule has 5 heteroatoms. The maximum absolute atomic E-state index is 9.90. The Morgan fingerprint density at radius 1 is 1.30 bits per heavy atom. The lowest BCUT2D eigenvalue weighted by Crippen LogP contribution is -2.44. The van der Waals surface area contributed by atoms with Gasteiger partial charge in [-0.25, -0.2) is 0 Å². The van der Waals surface area contributed by atoms with Crippen LogP contribution in [0.3, 0.4) is 0 Å². The molecule has 1 saturated heterocycles. The molecule has 0 spiro atoms. The van der Waals surface area contributed by atoms with Crippen molar-refractivity contribution < 1.29 is 14.6 Å². The maximum Gasteiger partial charge on any atom is 0.143 e. The van der Waals surface area contributed by atoms with Gasteiger partial charge in [-0.3, -0.25) is 0 Å². The number of hydrogen-bond acceptors (Lipinski definition) is 5. The second kappa shape index (κ2) is 6.73. The predicted octanol–water partition coefficient (Wildman–Crippen LogP) is 2.90. The number of rotatable bonds is 3. The molecule has 0 saturated carbocycles. The summed E-state index contributed by atoms with van der Waals surface area (Å²) in [6.45, 7) is 3.93. The number of anilines is 1. The average Bonchev–Trinajstić information content (AvgIpc) is 2.88. The lowest BCUT2D eigenvalue weighted by Gasteiger charge is -2.33. The summed E-state index contributed by atoms with van der Waals surface area (Å²) in [5.41, 5.74) is 5.73. The smallest absolute Gasteiger partial charge is 0.143 e. The molecule has 1 fully saturated rings. The molecule has 2 aromatic carbocycles. The highest BCUT2D eigenvalue weighted by atomic mass is 16.5. The van der Waals surface area contributed by atoms with Crippen molar-refractivity contribution in [3.05, 3.63) is 41.5 Å². The Morgan fingerprint density at radius 3 is 3.07 bits per heavy atom. The van der Waals surface area contributed by atoms with Crippen LogP contribution in [0.4, 0.5) is 5.69 Å². The quantitative estimate of drug-likeness (QED) is 0.875. The minimum atomic E-state index is -0.0143. The lowest BCUT2D eigenvalue weighted by atomic mass is 9.88. The monoisotopic (exact) mass is 366 g/mol. The normalized spacial score (nSPS) is 23.3. The summed E-state index contributed by atoms with van der Waals surface area (Å²) in [7, 11) is 1.65. The zero-order valence-electron chi connectivity index (χ0n) is 15.7. The number of fused-ring (bicyclic) bond motifs is 3. The van der Waals surface area contributed by atoms with E-state index in [1.807, 2.05) is 18.2 Å². The number of aliphatic hydroxyl groups excluding tert-OH is 1. The standard InChI is InChI=1S/C22H26N2O3/c1-26-16-3-4-17(15(9-16)13-25)14-10-18-19-12-23-6-5-20(19)24-7-2-8-27-21(11-14)22(18)24/h3-4,9-11,19-20,23,25H,2,5-8,12-13H2,1H3/t19-,20-/m0/s1. The van der Waals surface area contributed by atoms with Crippen LogP contribution in [0.15, 0.2) is 30.3 Å². The molecule has 0 aromatic heterocycles. The molecule has 2 N–H and O–H groups in total. The van der Waals surface area contributed by atoms with E-state index in [2.05, 4.69) is 22.3 Å². The third-order valence-electron chi connectivity index (χ3n) is 6.23. The molecule has 0 unspecified atom stereocenters. The summed E-state index contributed by atoms with van der Waals surface area (Å²) in [5.74, 6) is 2.26. The van der Waals surface area contributed by atoms with Crippen molar-refractivity contribution in [1.82, 2.24) is 5.32 Å². The largest absolute Gasteiger partial charge is 0.497 e. The lowest BCUT2D eigenvalue weighted by molar-refractivity contribution is 0.281. The number of nitrogens with one attached hydrogen (secondary N) is 1. The maximum atomic E-state index is 9.90. The van der Waals surface area contributed by atoms with E-state index in [4.69, 9.17) is 9.47 Å². The molecular weight excluding hydrogens is 340 g/mol. The van der Waals surface area contributed by atoms with E-state index in [0.717, 1.165) is 60.9 Å². The average molecular weight is 366 g/mol. The topological polar surface area (TPSA) is 54.0 Å². The first-order valence-electron chi connectivity index (χ1n) is 9.86. The highest BCUT2D eigenvalue weighted by molar-refractivity contribution is 5.80. The van der Waals surface area contributed by atoms with E-state index in [1.165, 1.54) is 17.7 Å². The van der Waals surface area contributed by atoms with Gasteiger partial charge in [-0.2, -0.15) is 0 Å². The molecule has 5 nitrogen and oxygen atoms in total. The van der Waals surface area contributed by atoms with Gasteiger partial charge in [0.2, 0.25) is 0 Å². The van der Waals surface area contributed by atoms with Crippen molar-refractivity contribution in [2.45, 2.75) is 31.4 Å². The molecule has 2 aromatic rings. The first kappa shape index (κ1) is 16.9. The Kier molecular flexibility index (Phi) is 4.21. The Balaban J connectivity index is 1.66. The molecule has 27 heavy (non-hydrogen) atoms. The summed E-state index contributed by atoms with van der Waals surface area (Å²) < 4.78 is 11.5. The number of aliphatic hydroxyl groups is 1. The molecule has 3 aliphatic heterocycles.